The van der Waals surface area contributed by atoms with Crippen molar-refractivity contribution < 1.29 is 9.59 Å². The molecule has 0 aliphatic carbocycles. The van der Waals surface area contributed by atoms with E-state index in [-0.39, 0.29) is 49.7 Å². The molecule has 0 spiro atoms. The molecule has 0 saturated heterocycles. The first-order chi connectivity index (χ1) is 15.9. The normalized spacial score (nSPS) is 12.1. The molecule has 8 nitrogen and oxygen atoms in total. The minimum absolute atomic E-state index is 0. The number of benzene rings is 2. The average Bonchev–Trinajstić information content (AvgIpc) is 3.26. The number of hydrogen-bond acceptors (Lipinski definition) is 6. The highest BCUT2D eigenvalue weighted by Crippen LogP contribution is 2.23. The van der Waals surface area contributed by atoms with Crippen LogP contribution in [0.2, 0.25) is 0 Å². The van der Waals surface area contributed by atoms with Crippen molar-refractivity contribution in [3.05, 3.63) is 64.7 Å². The third-order valence-corrected chi connectivity index (χ3v) is 5.85. The van der Waals surface area contributed by atoms with Crippen LogP contribution in [0.25, 0.3) is 0 Å². The molecule has 1 heterocycles. The zero-order valence-electron chi connectivity index (χ0n) is 20.4. The molecule has 1 aliphatic rings. The van der Waals surface area contributed by atoms with Gasteiger partial charge in [-0.25, -0.2) is 5.01 Å². The Bertz CT molecular complexity index is 1020. The number of likely N-dealkylation sites (N-methyl/N-ethyl adjacent to an activating group) is 2. The molecule has 3 rings (SSSR count). The van der Waals surface area contributed by atoms with Crippen LogP contribution in [-0.4, -0.2) is 61.6 Å². The first kappa shape index (κ1) is 30.4. The van der Waals surface area contributed by atoms with Gasteiger partial charge in [-0.1, -0.05) is 37.3 Å². The van der Waals surface area contributed by atoms with E-state index in [9.17, 15) is 14.9 Å². The van der Waals surface area contributed by atoms with Gasteiger partial charge in [0.05, 0.1) is 24.7 Å². The Morgan fingerprint density at radius 2 is 1.66 bits per heavy atom. The standard InChI is InChI=1S/C25H32N6O2.2ClH/c1-4-27-11-12-31(23-13-20(14-26)10-9-19(23)2)25(33)16-28-15-24(32)29(3)30-17-21-7-5-6-8-22(21)18-30;;/h5-10,13,27-28H,4,11-12,15-18H2,1-3H3;2*1H. The molecular weight excluding hydrogens is 487 g/mol. The van der Waals surface area contributed by atoms with Crippen molar-refractivity contribution in [1.29, 1.82) is 5.26 Å². The Balaban J connectivity index is 0.00000306. The topological polar surface area (TPSA) is 91.7 Å². The van der Waals surface area contributed by atoms with E-state index in [2.05, 4.69) is 28.8 Å². The summed E-state index contributed by atoms with van der Waals surface area (Å²) in [7, 11) is 1.76. The van der Waals surface area contributed by atoms with Gasteiger partial charge in [0.1, 0.15) is 0 Å². The monoisotopic (exact) mass is 520 g/mol. The van der Waals surface area contributed by atoms with E-state index in [1.165, 1.54) is 11.1 Å². The lowest BCUT2D eigenvalue weighted by atomic mass is 10.1. The van der Waals surface area contributed by atoms with Crippen LogP contribution in [0.4, 0.5) is 5.69 Å². The summed E-state index contributed by atoms with van der Waals surface area (Å²) in [5.41, 5.74) is 4.60. The van der Waals surface area contributed by atoms with Gasteiger partial charge in [-0.05, 0) is 42.3 Å². The van der Waals surface area contributed by atoms with E-state index in [1.54, 1.807) is 29.1 Å². The number of halogens is 2. The number of nitrogens with zero attached hydrogens (tertiary/aromatic N) is 4. The van der Waals surface area contributed by atoms with Gasteiger partial charge in [-0.15, -0.1) is 24.8 Å². The van der Waals surface area contributed by atoms with E-state index in [1.807, 2.05) is 37.1 Å². The zero-order chi connectivity index (χ0) is 23.8. The minimum Gasteiger partial charge on any atom is -0.315 e. The summed E-state index contributed by atoms with van der Waals surface area (Å²) in [6.45, 7) is 7.34. The second-order valence-electron chi connectivity index (χ2n) is 8.12. The SMILES string of the molecule is CCNCCN(C(=O)CNCC(=O)N(C)N1Cc2ccccc2C1)c1cc(C#N)ccc1C.Cl.Cl. The lowest BCUT2D eigenvalue weighted by molar-refractivity contribution is -0.145. The highest BCUT2D eigenvalue weighted by atomic mass is 35.5. The van der Waals surface area contributed by atoms with Gasteiger partial charge in [0.15, 0.2) is 0 Å². The number of hydrazine groups is 1. The number of hydrogen-bond donors (Lipinski definition) is 2. The molecule has 190 valence electrons. The van der Waals surface area contributed by atoms with Crippen molar-refractivity contribution in [2.45, 2.75) is 26.9 Å². The summed E-state index contributed by atoms with van der Waals surface area (Å²) in [5.74, 6) is -0.243. The van der Waals surface area contributed by atoms with Crippen molar-refractivity contribution in [2.24, 2.45) is 0 Å². The second kappa shape index (κ2) is 14.7. The quantitative estimate of drug-likeness (QED) is 0.468. The predicted octanol–water partition coefficient (Wildman–Crippen LogP) is 2.63. The van der Waals surface area contributed by atoms with Crippen LogP contribution in [0.15, 0.2) is 42.5 Å². The van der Waals surface area contributed by atoms with Gasteiger partial charge in [0.25, 0.3) is 5.91 Å². The van der Waals surface area contributed by atoms with Crippen LogP contribution in [0, 0.1) is 18.3 Å². The molecular formula is C25H34Cl2N6O2. The maximum Gasteiger partial charge on any atom is 0.250 e. The maximum atomic E-state index is 13.1. The van der Waals surface area contributed by atoms with E-state index in [4.69, 9.17) is 0 Å². The summed E-state index contributed by atoms with van der Waals surface area (Å²) in [6.07, 6.45) is 0. The van der Waals surface area contributed by atoms with Crippen LogP contribution in [0.1, 0.15) is 29.2 Å². The highest BCUT2D eigenvalue weighted by Gasteiger charge is 2.25. The highest BCUT2D eigenvalue weighted by molar-refractivity contribution is 5.96. The van der Waals surface area contributed by atoms with Crippen LogP contribution < -0.4 is 15.5 Å². The van der Waals surface area contributed by atoms with Crippen molar-refractivity contribution in [2.75, 3.05) is 44.7 Å². The Morgan fingerprint density at radius 1 is 1.03 bits per heavy atom. The molecule has 10 heteroatoms. The Kier molecular flexibility index (Phi) is 12.7. The van der Waals surface area contributed by atoms with Crippen LogP contribution in [0.3, 0.4) is 0 Å². The smallest absolute Gasteiger partial charge is 0.250 e. The lowest BCUT2D eigenvalue weighted by Crippen LogP contribution is -2.47. The summed E-state index contributed by atoms with van der Waals surface area (Å²) in [6, 6.07) is 15.6. The van der Waals surface area contributed by atoms with Crippen molar-refractivity contribution in [3.63, 3.8) is 0 Å². The van der Waals surface area contributed by atoms with Crippen molar-refractivity contribution in [3.8, 4) is 6.07 Å². The maximum absolute atomic E-state index is 13.1. The molecule has 0 fully saturated rings. The van der Waals surface area contributed by atoms with E-state index < -0.39 is 0 Å². The predicted molar refractivity (Wildman–Crippen MR) is 143 cm³/mol. The van der Waals surface area contributed by atoms with Gasteiger partial charge in [-0.3, -0.25) is 19.9 Å². The van der Waals surface area contributed by atoms with Gasteiger partial charge in [0, 0.05) is 38.9 Å². The summed E-state index contributed by atoms with van der Waals surface area (Å²) < 4.78 is 0. The third-order valence-electron chi connectivity index (χ3n) is 5.85. The average molecular weight is 521 g/mol. The zero-order valence-corrected chi connectivity index (χ0v) is 22.0. The van der Waals surface area contributed by atoms with E-state index >= 15 is 0 Å². The molecule has 2 amide bonds. The number of carbonyl (C=O) groups excluding carboxylic acids is 2. The first-order valence-electron chi connectivity index (χ1n) is 11.2. The lowest BCUT2D eigenvalue weighted by Gasteiger charge is -2.28. The number of aryl methyl sites for hydroxylation is 1. The Morgan fingerprint density at radius 3 is 2.26 bits per heavy atom. The number of anilines is 1. The molecule has 0 radical (unpaired) electrons. The summed E-state index contributed by atoms with van der Waals surface area (Å²) in [5, 5.41) is 19.1. The number of fused-ring (bicyclic) bond motifs is 1. The number of nitriles is 1. The minimum atomic E-state index is -0.143. The number of carbonyl (C=O) groups is 2. The van der Waals surface area contributed by atoms with Gasteiger partial charge in [-0.2, -0.15) is 5.26 Å². The number of nitrogens with one attached hydrogen (secondary N) is 2. The van der Waals surface area contributed by atoms with Crippen LogP contribution >= 0.6 is 24.8 Å². The molecule has 35 heavy (non-hydrogen) atoms. The largest absolute Gasteiger partial charge is 0.315 e. The molecule has 1 aliphatic heterocycles. The summed E-state index contributed by atoms with van der Waals surface area (Å²) in [4.78, 5) is 27.4. The van der Waals surface area contributed by atoms with Gasteiger partial charge in [0.2, 0.25) is 5.91 Å². The van der Waals surface area contributed by atoms with E-state index in [0.29, 0.717) is 31.7 Å². The molecule has 0 aromatic heterocycles. The Labute approximate surface area is 220 Å². The Hall–Kier alpha value is -2.67. The molecule has 0 bridgehead atoms. The number of rotatable bonds is 10. The first-order valence-corrected chi connectivity index (χ1v) is 11.2. The fourth-order valence-corrected chi connectivity index (χ4v) is 3.89. The molecule has 0 atom stereocenters. The van der Waals surface area contributed by atoms with Gasteiger partial charge < -0.3 is 10.2 Å². The molecule has 0 unspecified atom stereocenters. The molecule has 0 saturated carbocycles. The molecule has 2 N–H and O–H groups in total. The number of amides is 2. The fourth-order valence-electron chi connectivity index (χ4n) is 3.89. The summed E-state index contributed by atoms with van der Waals surface area (Å²) >= 11 is 0. The van der Waals surface area contributed by atoms with Crippen LogP contribution in [0.5, 0.6) is 0 Å². The fraction of sp³-hybridized carbons (Fsp3) is 0.400. The molecule has 2 aromatic rings. The van der Waals surface area contributed by atoms with Crippen molar-refractivity contribution in [1.82, 2.24) is 20.7 Å². The van der Waals surface area contributed by atoms with E-state index in [0.717, 1.165) is 17.8 Å². The van der Waals surface area contributed by atoms with Crippen LogP contribution in [-0.2, 0) is 22.7 Å². The third kappa shape index (κ3) is 7.92. The molecule has 2 aromatic carbocycles. The van der Waals surface area contributed by atoms with Crippen molar-refractivity contribution >= 4 is 42.3 Å². The van der Waals surface area contributed by atoms with Gasteiger partial charge >= 0.3 is 0 Å². The second-order valence-corrected chi connectivity index (χ2v) is 8.12.